The highest BCUT2D eigenvalue weighted by Crippen LogP contribution is 2.30. The minimum Gasteiger partial charge on any atom is -0.507 e. The predicted octanol–water partition coefficient (Wildman–Crippen LogP) is 5.21. The topological polar surface area (TPSA) is 95.3 Å². The van der Waals surface area contributed by atoms with Crippen molar-refractivity contribution >= 4 is 44.4 Å². The molecular weight excluding hydrogens is 422 g/mol. The smallest absolute Gasteiger partial charge is 0.339 e. The van der Waals surface area contributed by atoms with Crippen LogP contribution in [0.1, 0.15) is 10.4 Å². The summed E-state index contributed by atoms with van der Waals surface area (Å²) < 4.78 is 0.922. The van der Waals surface area contributed by atoms with Gasteiger partial charge in [0.15, 0.2) is 0 Å². The highest BCUT2D eigenvalue weighted by Gasteiger charge is 2.13. The van der Waals surface area contributed by atoms with Gasteiger partial charge in [0, 0.05) is 21.1 Å². The Morgan fingerprint density at radius 3 is 2.50 bits per heavy atom. The Bertz CT molecular complexity index is 1200. The van der Waals surface area contributed by atoms with Crippen molar-refractivity contribution in [1.82, 2.24) is 9.97 Å². The zero-order valence-corrected chi connectivity index (χ0v) is 16.0. The maximum absolute atomic E-state index is 11.2. The molecule has 0 fully saturated rings. The summed E-state index contributed by atoms with van der Waals surface area (Å²) >= 11 is 3.49. The molecule has 0 unspecified atom stereocenters. The number of hydrogen-bond acceptors (Lipinski definition) is 5. The largest absolute Gasteiger partial charge is 0.507 e. The lowest BCUT2D eigenvalue weighted by Gasteiger charge is -2.11. The van der Waals surface area contributed by atoms with E-state index in [1.165, 1.54) is 12.1 Å². The average Bonchev–Trinajstić information content (AvgIpc) is 2.69. The second-order valence-corrected chi connectivity index (χ2v) is 7.00. The first-order valence-electron chi connectivity index (χ1n) is 8.37. The minimum absolute atomic E-state index is 0.196. The van der Waals surface area contributed by atoms with Crippen LogP contribution in [0.4, 0.5) is 11.6 Å². The number of halogens is 1. The van der Waals surface area contributed by atoms with E-state index in [-0.39, 0.29) is 11.3 Å². The van der Waals surface area contributed by atoms with Gasteiger partial charge in [0.1, 0.15) is 11.3 Å². The summed E-state index contributed by atoms with van der Waals surface area (Å²) in [6.45, 7) is 0. The molecule has 0 saturated carbocycles. The number of nitrogens with zero attached hydrogens (tertiary/aromatic N) is 2. The number of rotatable bonds is 4. The molecule has 0 aliphatic rings. The molecule has 4 aromatic rings. The van der Waals surface area contributed by atoms with Crippen LogP contribution in [-0.2, 0) is 0 Å². The van der Waals surface area contributed by atoms with Crippen LogP contribution in [0.5, 0.6) is 5.75 Å². The van der Waals surface area contributed by atoms with Gasteiger partial charge in [-0.1, -0.05) is 46.3 Å². The molecule has 0 bridgehead atoms. The van der Waals surface area contributed by atoms with Crippen molar-refractivity contribution < 1.29 is 15.0 Å². The van der Waals surface area contributed by atoms with E-state index in [2.05, 4.69) is 31.2 Å². The van der Waals surface area contributed by atoms with E-state index in [1.807, 2.05) is 48.5 Å². The van der Waals surface area contributed by atoms with E-state index in [4.69, 9.17) is 0 Å². The molecule has 6 nitrogen and oxygen atoms in total. The lowest BCUT2D eigenvalue weighted by atomic mass is 10.1. The number of benzene rings is 3. The number of anilines is 2. The maximum atomic E-state index is 11.2. The van der Waals surface area contributed by atoms with Crippen molar-refractivity contribution in [2.24, 2.45) is 0 Å². The van der Waals surface area contributed by atoms with Crippen LogP contribution in [0.2, 0.25) is 0 Å². The average molecular weight is 436 g/mol. The molecule has 0 aliphatic heterocycles. The number of phenols is 1. The number of carboxylic acid groups (broad SMARTS) is 1. The van der Waals surface area contributed by atoms with Gasteiger partial charge in [-0.25, -0.2) is 14.8 Å². The number of fused-ring (bicyclic) bond motifs is 1. The molecular formula is C21H14BrN3O3. The molecule has 0 saturated heterocycles. The molecule has 7 heteroatoms. The van der Waals surface area contributed by atoms with Crippen LogP contribution in [0.25, 0.3) is 22.2 Å². The first-order chi connectivity index (χ1) is 13.5. The molecule has 0 radical (unpaired) electrons. The van der Waals surface area contributed by atoms with Crippen LogP contribution < -0.4 is 5.32 Å². The summed E-state index contributed by atoms with van der Waals surface area (Å²) in [6.07, 6.45) is 0. The van der Waals surface area contributed by atoms with Gasteiger partial charge in [-0.15, -0.1) is 0 Å². The van der Waals surface area contributed by atoms with Gasteiger partial charge < -0.3 is 15.5 Å². The summed E-state index contributed by atoms with van der Waals surface area (Å²) in [7, 11) is 0. The Labute approximate surface area is 168 Å². The molecule has 0 amide bonds. The zero-order chi connectivity index (χ0) is 19.7. The van der Waals surface area contributed by atoms with Gasteiger partial charge >= 0.3 is 5.97 Å². The van der Waals surface area contributed by atoms with Crippen molar-refractivity contribution in [2.45, 2.75) is 0 Å². The third-order valence-electron chi connectivity index (χ3n) is 4.19. The van der Waals surface area contributed by atoms with E-state index < -0.39 is 5.97 Å². The highest BCUT2D eigenvalue weighted by molar-refractivity contribution is 9.10. The van der Waals surface area contributed by atoms with Gasteiger partial charge in [0.05, 0.1) is 11.2 Å². The number of carbonyl (C=O) groups is 1. The summed E-state index contributed by atoms with van der Waals surface area (Å²) in [4.78, 5) is 20.4. The molecule has 0 atom stereocenters. The number of hydrogen-bond donors (Lipinski definition) is 3. The number of aromatic carboxylic acids is 1. The van der Waals surface area contributed by atoms with E-state index in [0.29, 0.717) is 11.6 Å². The molecule has 4 rings (SSSR count). The number of nitrogens with one attached hydrogen (secondary N) is 1. The minimum atomic E-state index is -1.21. The van der Waals surface area contributed by atoms with E-state index >= 15 is 0 Å². The van der Waals surface area contributed by atoms with Gasteiger partial charge in [-0.05, 0) is 36.4 Å². The quantitative estimate of drug-likeness (QED) is 0.381. The highest BCUT2D eigenvalue weighted by atomic mass is 79.9. The molecule has 1 aromatic heterocycles. The van der Waals surface area contributed by atoms with Crippen molar-refractivity contribution in [3.63, 3.8) is 0 Å². The van der Waals surface area contributed by atoms with Gasteiger partial charge in [-0.3, -0.25) is 0 Å². The van der Waals surface area contributed by atoms with Crippen molar-refractivity contribution in [2.75, 3.05) is 5.32 Å². The van der Waals surface area contributed by atoms with Crippen LogP contribution in [0.3, 0.4) is 0 Å². The third kappa shape index (κ3) is 3.52. The standard InChI is InChI=1S/C21H14BrN3O3/c22-13-6-8-17-15(10-13)19(12-4-2-1-3-5-12)25-21(24-17)23-14-7-9-18(26)16(11-14)20(27)28/h1-11,26H,(H,27,28)(H,23,24,25). The molecule has 28 heavy (non-hydrogen) atoms. The van der Waals surface area contributed by atoms with E-state index in [0.717, 1.165) is 26.6 Å². The monoisotopic (exact) mass is 435 g/mol. The fourth-order valence-electron chi connectivity index (χ4n) is 2.89. The Hall–Kier alpha value is -3.45. The molecule has 138 valence electrons. The maximum Gasteiger partial charge on any atom is 0.339 e. The molecule has 3 N–H and O–H groups in total. The lowest BCUT2D eigenvalue weighted by Crippen LogP contribution is -2.02. The summed E-state index contributed by atoms with van der Waals surface area (Å²) in [5, 5.41) is 22.8. The molecule has 3 aromatic carbocycles. The zero-order valence-electron chi connectivity index (χ0n) is 14.4. The summed E-state index contributed by atoms with van der Waals surface area (Å²) in [6, 6.07) is 19.7. The number of aromatic nitrogens is 2. The Morgan fingerprint density at radius 2 is 1.75 bits per heavy atom. The van der Waals surface area contributed by atoms with Crippen molar-refractivity contribution in [3.05, 3.63) is 76.8 Å². The van der Waals surface area contributed by atoms with Crippen LogP contribution >= 0.6 is 15.9 Å². The van der Waals surface area contributed by atoms with Crippen molar-refractivity contribution in [1.29, 1.82) is 0 Å². The Balaban J connectivity index is 1.84. The SMILES string of the molecule is O=C(O)c1cc(Nc2nc(-c3ccccc3)c3cc(Br)ccc3n2)ccc1O. The van der Waals surface area contributed by atoms with Crippen LogP contribution in [0.15, 0.2) is 71.2 Å². The fraction of sp³-hybridized carbons (Fsp3) is 0. The normalized spacial score (nSPS) is 10.8. The fourth-order valence-corrected chi connectivity index (χ4v) is 3.25. The molecule has 0 aliphatic carbocycles. The third-order valence-corrected chi connectivity index (χ3v) is 4.68. The Kier molecular flexibility index (Phi) is 4.67. The summed E-state index contributed by atoms with van der Waals surface area (Å²) in [5.41, 5.74) is 2.71. The number of carboxylic acids is 1. The van der Waals surface area contributed by atoms with Crippen LogP contribution in [0, 0.1) is 0 Å². The molecule has 0 spiro atoms. The first kappa shape index (κ1) is 17.9. The number of aromatic hydroxyl groups is 1. The van der Waals surface area contributed by atoms with Gasteiger partial charge in [0.25, 0.3) is 0 Å². The second kappa shape index (κ2) is 7.28. The lowest BCUT2D eigenvalue weighted by molar-refractivity contribution is 0.0694. The molecule has 1 heterocycles. The Morgan fingerprint density at radius 1 is 0.964 bits per heavy atom. The van der Waals surface area contributed by atoms with Gasteiger partial charge in [0.2, 0.25) is 5.95 Å². The van der Waals surface area contributed by atoms with Crippen LogP contribution in [-0.4, -0.2) is 26.2 Å². The second-order valence-electron chi connectivity index (χ2n) is 6.09. The van der Waals surface area contributed by atoms with E-state index in [1.54, 1.807) is 6.07 Å². The van der Waals surface area contributed by atoms with Gasteiger partial charge in [-0.2, -0.15) is 0 Å². The first-order valence-corrected chi connectivity index (χ1v) is 9.16. The van der Waals surface area contributed by atoms with Crippen molar-refractivity contribution in [3.8, 4) is 17.0 Å². The van der Waals surface area contributed by atoms with E-state index in [9.17, 15) is 15.0 Å². The summed E-state index contributed by atoms with van der Waals surface area (Å²) in [5.74, 6) is -1.18. The predicted molar refractivity (Wildman–Crippen MR) is 111 cm³/mol.